The Hall–Kier alpha value is -2.11. The van der Waals surface area contributed by atoms with Gasteiger partial charge >= 0.3 is 12.0 Å². The van der Waals surface area contributed by atoms with E-state index in [-0.39, 0.29) is 12.6 Å². The van der Waals surface area contributed by atoms with Gasteiger partial charge < -0.3 is 15.7 Å². The molecule has 0 saturated heterocycles. The molecule has 1 atom stereocenters. The van der Waals surface area contributed by atoms with E-state index in [0.29, 0.717) is 0 Å². The molecule has 1 heterocycles. The maximum absolute atomic E-state index is 11.7. The molecule has 0 fully saturated rings. The average molecular weight is 265 g/mol. The number of urea groups is 1. The zero-order chi connectivity index (χ0) is 14.5. The lowest BCUT2D eigenvalue weighted by atomic mass is 9.94. The van der Waals surface area contributed by atoms with Gasteiger partial charge in [-0.25, -0.2) is 4.79 Å². The molecule has 0 aliphatic carbocycles. The first-order chi connectivity index (χ1) is 8.83. The van der Waals surface area contributed by atoms with E-state index in [0.717, 1.165) is 5.56 Å². The zero-order valence-corrected chi connectivity index (χ0v) is 11.3. The predicted molar refractivity (Wildman–Crippen MR) is 70.6 cm³/mol. The van der Waals surface area contributed by atoms with Gasteiger partial charge in [-0.2, -0.15) is 0 Å². The molecule has 1 aromatic rings. The van der Waals surface area contributed by atoms with Crippen molar-refractivity contribution in [3.05, 3.63) is 30.1 Å². The standard InChI is InChI=1S/C13H19N3O3/c1-9(10-5-4-6-14-7-10)16-12(19)15-8-13(2,3)11(17)18/h4-7,9H,8H2,1-3H3,(H,17,18)(H2,15,16,19). The van der Waals surface area contributed by atoms with Crippen molar-refractivity contribution in [3.63, 3.8) is 0 Å². The van der Waals surface area contributed by atoms with Crippen LogP contribution in [0.3, 0.4) is 0 Å². The van der Waals surface area contributed by atoms with E-state index in [1.165, 1.54) is 0 Å². The highest BCUT2D eigenvalue weighted by atomic mass is 16.4. The van der Waals surface area contributed by atoms with Crippen molar-refractivity contribution in [2.75, 3.05) is 6.54 Å². The molecule has 6 heteroatoms. The number of aliphatic carboxylic acids is 1. The fraction of sp³-hybridized carbons (Fsp3) is 0.462. The second-order valence-electron chi connectivity index (χ2n) is 5.02. The van der Waals surface area contributed by atoms with Crippen molar-refractivity contribution >= 4 is 12.0 Å². The topological polar surface area (TPSA) is 91.3 Å². The molecule has 2 amide bonds. The highest BCUT2D eigenvalue weighted by Crippen LogP contribution is 2.13. The summed E-state index contributed by atoms with van der Waals surface area (Å²) >= 11 is 0. The number of rotatable bonds is 5. The Kier molecular flexibility index (Phi) is 4.86. The summed E-state index contributed by atoms with van der Waals surface area (Å²) in [6.07, 6.45) is 3.33. The van der Waals surface area contributed by atoms with Crippen LogP contribution >= 0.6 is 0 Å². The minimum atomic E-state index is -0.991. The first kappa shape index (κ1) is 14.9. The highest BCUT2D eigenvalue weighted by Gasteiger charge is 2.27. The molecule has 0 aliphatic heterocycles. The highest BCUT2D eigenvalue weighted by molar-refractivity contribution is 5.77. The minimum absolute atomic E-state index is 0.0634. The molecular formula is C13H19N3O3. The summed E-state index contributed by atoms with van der Waals surface area (Å²) in [4.78, 5) is 26.5. The first-order valence-electron chi connectivity index (χ1n) is 6.00. The van der Waals surface area contributed by atoms with Crippen LogP contribution in [0.4, 0.5) is 4.79 Å². The van der Waals surface area contributed by atoms with E-state index >= 15 is 0 Å². The van der Waals surface area contributed by atoms with Crippen LogP contribution in [-0.4, -0.2) is 28.6 Å². The maximum atomic E-state index is 11.7. The summed E-state index contributed by atoms with van der Waals surface area (Å²) in [5.74, 6) is -0.951. The zero-order valence-electron chi connectivity index (χ0n) is 11.3. The van der Waals surface area contributed by atoms with E-state index in [2.05, 4.69) is 15.6 Å². The number of amides is 2. The van der Waals surface area contributed by atoms with Crippen LogP contribution in [-0.2, 0) is 4.79 Å². The molecule has 0 aliphatic rings. The van der Waals surface area contributed by atoms with E-state index in [1.807, 2.05) is 13.0 Å². The number of nitrogens with zero attached hydrogens (tertiary/aromatic N) is 1. The summed E-state index contributed by atoms with van der Waals surface area (Å²) in [6, 6.07) is 3.06. The number of pyridine rings is 1. The van der Waals surface area contributed by atoms with Crippen molar-refractivity contribution in [1.82, 2.24) is 15.6 Å². The van der Waals surface area contributed by atoms with Crippen LogP contribution in [0, 0.1) is 5.41 Å². The van der Waals surface area contributed by atoms with Crippen molar-refractivity contribution in [3.8, 4) is 0 Å². The van der Waals surface area contributed by atoms with Gasteiger partial charge in [0.05, 0.1) is 11.5 Å². The van der Waals surface area contributed by atoms with Gasteiger partial charge in [-0.3, -0.25) is 9.78 Å². The molecule has 3 N–H and O–H groups in total. The fourth-order valence-corrected chi connectivity index (χ4v) is 1.34. The Bertz CT molecular complexity index is 446. The third kappa shape index (κ3) is 4.57. The molecule has 1 aromatic heterocycles. The molecule has 0 spiro atoms. The average Bonchev–Trinajstić information content (AvgIpc) is 2.37. The molecule has 0 aromatic carbocycles. The third-order valence-electron chi connectivity index (χ3n) is 2.80. The molecular weight excluding hydrogens is 246 g/mol. The number of nitrogens with one attached hydrogen (secondary N) is 2. The van der Waals surface area contributed by atoms with Crippen molar-refractivity contribution in [2.24, 2.45) is 5.41 Å². The van der Waals surface area contributed by atoms with Crippen molar-refractivity contribution < 1.29 is 14.7 Å². The number of carbonyl (C=O) groups excluding carboxylic acids is 1. The van der Waals surface area contributed by atoms with Crippen LogP contribution in [0.5, 0.6) is 0 Å². The molecule has 1 rings (SSSR count). The summed E-state index contributed by atoms with van der Waals surface area (Å²) in [6.45, 7) is 5.01. The van der Waals surface area contributed by atoms with Gasteiger partial charge in [0.15, 0.2) is 0 Å². The van der Waals surface area contributed by atoms with E-state index in [4.69, 9.17) is 5.11 Å². The number of hydrogen-bond donors (Lipinski definition) is 3. The first-order valence-corrected chi connectivity index (χ1v) is 6.00. The van der Waals surface area contributed by atoms with Crippen LogP contribution in [0.25, 0.3) is 0 Å². The fourth-order valence-electron chi connectivity index (χ4n) is 1.34. The van der Waals surface area contributed by atoms with Crippen molar-refractivity contribution in [1.29, 1.82) is 0 Å². The Morgan fingerprint density at radius 1 is 1.47 bits per heavy atom. The predicted octanol–water partition coefficient (Wildman–Crippen LogP) is 1.55. The van der Waals surface area contributed by atoms with Gasteiger partial charge in [0.1, 0.15) is 0 Å². The van der Waals surface area contributed by atoms with Crippen molar-refractivity contribution in [2.45, 2.75) is 26.8 Å². The smallest absolute Gasteiger partial charge is 0.315 e. The number of carboxylic acid groups (broad SMARTS) is 1. The normalized spacial score (nSPS) is 12.6. The van der Waals surface area contributed by atoms with Crippen LogP contribution < -0.4 is 10.6 Å². The Balaban J connectivity index is 2.46. The van der Waals surface area contributed by atoms with Gasteiger partial charge in [0.2, 0.25) is 0 Å². The van der Waals surface area contributed by atoms with Gasteiger partial charge in [-0.05, 0) is 32.4 Å². The summed E-state index contributed by atoms with van der Waals surface area (Å²) in [5, 5.41) is 14.2. The number of carboxylic acids is 1. The van der Waals surface area contributed by atoms with Gasteiger partial charge in [0, 0.05) is 18.9 Å². The molecule has 19 heavy (non-hydrogen) atoms. The number of aromatic nitrogens is 1. The lowest BCUT2D eigenvalue weighted by molar-refractivity contribution is -0.146. The lowest BCUT2D eigenvalue weighted by Gasteiger charge is -2.21. The SMILES string of the molecule is CC(NC(=O)NCC(C)(C)C(=O)O)c1cccnc1. The van der Waals surface area contributed by atoms with Crippen LogP contribution in [0.15, 0.2) is 24.5 Å². The lowest BCUT2D eigenvalue weighted by Crippen LogP contribution is -2.44. The number of hydrogen-bond acceptors (Lipinski definition) is 3. The summed E-state index contributed by atoms with van der Waals surface area (Å²) < 4.78 is 0. The maximum Gasteiger partial charge on any atom is 0.315 e. The Morgan fingerprint density at radius 2 is 2.16 bits per heavy atom. The van der Waals surface area contributed by atoms with Gasteiger partial charge in [-0.15, -0.1) is 0 Å². The second-order valence-corrected chi connectivity index (χ2v) is 5.02. The molecule has 6 nitrogen and oxygen atoms in total. The molecule has 0 bridgehead atoms. The third-order valence-corrected chi connectivity index (χ3v) is 2.80. The molecule has 0 radical (unpaired) electrons. The summed E-state index contributed by atoms with van der Waals surface area (Å²) in [7, 11) is 0. The van der Waals surface area contributed by atoms with Gasteiger partial charge in [0.25, 0.3) is 0 Å². The Labute approximate surface area is 112 Å². The largest absolute Gasteiger partial charge is 0.481 e. The second kappa shape index (κ2) is 6.17. The van der Waals surface area contributed by atoms with E-state index < -0.39 is 17.4 Å². The summed E-state index contributed by atoms with van der Waals surface area (Å²) in [5.41, 5.74) is -0.107. The van der Waals surface area contributed by atoms with Gasteiger partial charge in [-0.1, -0.05) is 6.07 Å². The Morgan fingerprint density at radius 3 is 2.68 bits per heavy atom. The van der Waals surface area contributed by atoms with E-state index in [9.17, 15) is 9.59 Å². The minimum Gasteiger partial charge on any atom is -0.481 e. The molecule has 104 valence electrons. The molecule has 1 unspecified atom stereocenters. The van der Waals surface area contributed by atoms with Crippen LogP contribution in [0.2, 0.25) is 0 Å². The quantitative estimate of drug-likeness (QED) is 0.753. The number of carbonyl (C=O) groups is 2. The van der Waals surface area contributed by atoms with E-state index in [1.54, 1.807) is 32.3 Å². The van der Waals surface area contributed by atoms with Crippen LogP contribution in [0.1, 0.15) is 32.4 Å². The monoisotopic (exact) mass is 265 g/mol. The molecule has 0 saturated carbocycles.